The van der Waals surface area contributed by atoms with Crippen LogP contribution in [0.3, 0.4) is 0 Å². The number of nitro groups is 1. The van der Waals surface area contributed by atoms with E-state index in [2.05, 4.69) is 10.3 Å². The average molecular weight is 275 g/mol. The second-order valence-corrected chi connectivity index (χ2v) is 3.92. The van der Waals surface area contributed by atoms with Crippen LogP contribution in [0.25, 0.3) is 0 Å². The van der Waals surface area contributed by atoms with Gasteiger partial charge in [0.1, 0.15) is 5.69 Å². The lowest BCUT2D eigenvalue weighted by Crippen LogP contribution is -2.34. The second-order valence-electron chi connectivity index (χ2n) is 3.92. The number of halogens is 1. The number of carbonyl (C=O) groups excluding carboxylic acids is 1. The van der Waals surface area contributed by atoms with Crippen molar-refractivity contribution in [2.45, 2.75) is 6.42 Å². The molecule has 2 N–H and O–H groups in total. The molecule has 1 amide bonds. The minimum absolute atomic E-state index is 0. The number of hydrogen-bond donors (Lipinski definition) is 2. The number of hydrogen-bond acceptors (Lipinski definition) is 4. The number of amides is 1. The van der Waals surface area contributed by atoms with E-state index < -0.39 is 4.92 Å². The third kappa shape index (κ3) is 3.21. The van der Waals surface area contributed by atoms with Crippen LogP contribution in [0.5, 0.6) is 0 Å². The molecule has 0 atom stereocenters. The third-order valence-electron chi connectivity index (χ3n) is 2.74. The molecule has 0 aromatic carbocycles. The van der Waals surface area contributed by atoms with E-state index in [1.807, 2.05) is 0 Å². The van der Waals surface area contributed by atoms with Crippen LogP contribution < -0.4 is 5.32 Å². The number of nitrogens with one attached hydrogen (secondary N) is 2. The fourth-order valence-corrected chi connectivity index (χ4v) is 1.83. The maximum Gasteiger partial charge on any atom is 0.287 e. The standard InChI is InChI=1S/C10H14N4O3.ClH/c15-10(13-4-1-2-11-3-5-13)9-6-8(7-12-9)14(16)17;/h6-7,11-12H,1-5H2;1H. The van der Waals surface area contributed by atoms with Gasteiger partial charge >= 0.3 is 0 Å². The molecule has 1 aromatic heterocycles. The summed E-state index contributed by atoms with van der Waals surface area (Å²) in [4.78, 5) is 26.4. The first kappa shape index (κ1) is 14.5. The number of H-pyrrole nitrogens is 1. The quantitative estimate of drug-likeness (QED) is 0.616. The maximum absolute atomic E-state index is 12.0. The average Bonchev–Trinajstić information content (AvgIpc) is 2.65. The predicted molar refractivity (Wildman–Crippen MR) is 68.1 cm³/mol. The van der Waals surface area contributed by atoms with Gasteiger partial charge in [-0.25, -0.2) is 0 Å². The summed E-state index contributed by atoms with van der Waals surface area (Å²) < 4.78 is 0. The lowest BCUT2D eigenvalue weighted by Gasteiger charge is -2.18. The van der Waals surface area contributed by atoms with Gasteiger partial charge in [0.25, 0.3) is 11.6 Å². The van der Waals surface area contributed by atoms with Gasteiger partial charge in [0.15, 0.2) is 0 Å². The fourth-order valence-electron chi connectivity index (χ4n) is 1.83. The molecular formula is C10H15ClN4O3. The zero-order valence-electron chi connectivity index (χ0n) is 9.72. The van der Waals surface area contributed by atoms with Crippen molar-refractivity contribution in [1.29, 1.82) is 0 Å². The topological polar surface area (TPSA) is 91.3 Å². The molecule has 18 heavy (non-hydrogen) atoms. The minimum atomic E-state index is -0.517. The highest BCUT2D eigenvalue weighted by Gasteiger charge is 2.20. The molecule has 8 heteroatoms. The fraction of sp³-hybridized carbons (Fsp3) is 0.500. The summed E-state index contributed by atoms with van der Waals surface area (Å²) in [5, 5.41) is 13.7. The van der Waals surface area contributed by atoms with E-state index >= 15 is 0 Å². The van der Waals surface area contributed by atoms with Gasteiger partial charge in [-0.15, -0.1) is 12.4 Å². The molecule has 100 valence electrons. The molecular weight excluding hydrogens is 260 g/mol. The number of nitrogens with zero attached hydrogens (tertiary/aromatic N) is 2. The van der Waals surface area contributed by atoms with E-state index in [0.29, 0.717) is 13.1 Å². The van der Waals surface area contributed by atoms with Crippen molar-refractivity contribution in [3.63, 3.8) is 0 Å². The highest BCUT2D eigenvalue weighted by Crippen LogP contribution is 2.14. The van der Waals surface area contributed by atoms with Gasteiger partial charge in [-0.2, -0.15) is 0 Å². The molecule has 1 aromatic rings. The zero-order valence-corrected chi connectivity index (χ0v) is 10.5. The van der Waals surface area contributed by atoms with Gasteiger partial charge < -0.3 is 15.2 Å². The molecule has 1 saturated heterocycles. The molecule has 1 aliphatic rings. The SMILES string of the molecule is Cl.O=C(c1cc([N+](=O)[O-])c[nH]1)N1CCCNCC1. The Labute approximate surface area is 110 Å². The van der Waals surface area contributed by atoms with Crippen molar-refractivity contribution in [2.24, 2.45) is 0 Å². The first-order valence-corrected chi connectivity index (χ1v) is 5.51. The summed E-state index contributed by atoms with van der Waals surface area (Å²) >= 11 is 0. The van der Waals surface area contributed by atoms with Gasteiger partial charge in [-0.3, -0.25) is 14.9 Å². The van der Waals surface area contributed by atoms with E-state index in [-0.39, 0.29) is 29.7 Å². The van der Waals surface area contributed by atoms with E-state index in [9.17, 15) is 14.9 Å². The Bertz CT molecular complexity index is 427. The van der Waals surface area contributed by atoms with Crippen LogP contribution in [0.1, 0.15) is 16.9 Å². The molecule has 0 saturated carbocycles. The molecule has 0 bridgehead atoms. The molecule has 0 aliphatic carbocycles. The van der Waals surface area contributed by atoms with Gasteiger partial charge in [-0.05, 0) is 13.0 Å². The number of carbonyl (C=O) groups is 1. The smallest absolute Gasteiger partial charge is 0.287 e. The third-order valence-corrected chi connectivity index (χ3v) is 2.74. The minimum Gasteiger partial charge on any atom is -0.351 e. The van der Waals surface area contributed by atoms with Crippen molar-refractivity contribution in [3.8, 4) is 0 Å². The lowest BCUT2D eigenvalue weighted by molar-refractivity contribution is -0.384. The number of rotatable bonds is 2. The maximum atomic E-state index is 12.0. The van der Waals surface area contributed by atoms with Gasteiger partial charge in [0.2, 0.25) is 0 Å². The molecule has 2 rings (SSSR count). The highest BCUT2D eigenvalue weighted by atomic mass is 35.5. The summed E-state index contributed by atoms with van der Waals surface area (Å²) in [5.41, 5.74) is 0.194. The molecule has 1 aliphatic heterocycles. The molecule has 2 heterocycles. The first-order chi connectivity index (χ1) is 8.18. The van der Waals surface area contributed by atoms with E-state index in [1.54, 1.807) is 4.90 Å². The Hall–Kier alpha value is -1.60. The summed E-state index contributed by atoms with van der Waals surface area (Å²) in [7, 11) is 0. The van der Waals surface area contributed by atoms with Gasteiger partial charge in [0, 0.05) is 25.7 Å². The van der Waals surface area contributed by atoms with Gasteiger partial charge in [-0.1, -0.05) is 0 Å². The molecule has 0 radical (unpaired) electrons. The Morgan fingerprint density at radius 2 is 2.17 bits per heavy atom. The van der Waals surface area contributed by atoms with E-state index in [4.69, 9.17) is 0 Å². The second kappa shape index (κ2) is 6.36. The van der Waals surface area contributed by atoms with Crippen LogP contribution >= 0.6 is 12.4 Å². The Morgan fingerprint density at radius 3 is 2.83 bits per heavy atom. The summed E-state index contributed by atoms with van der Waals surface area (Å²) in [6, 6.07) is 1.28. The lowest BCUT2D eigenvalue weighted by atomic mass is 10.3. The molecule has 0 spiro atoms. The predicted octanol–water partition coefficient (Wildman–Crippen LogP) is 0.780. The van der Waals surface area contributed by atoms with Crippen LogP contribution in [0.15, 0.2) is 12.3 Å². The van der Waals surface area contributed by atoms with Crippen LogP contribution in [-0.2, 0) is 0 Å². The Kier molecular flexibility index (Phi) is 5.11. The Balaban J connectivity index is 0.00000162. The molecule has 1 fully saturated rings. The van der Waals surface area contributed by atoms with Crippen molar-refractivity contribution in [3.05, 3.63) is 28.1 Å². The molecule has 0 unspecified atom stereocenters. The van der Waals surface area contributed by atoms with Crippen LogP contribution in [0, 0.1) is 10.1 Å². The largest absolute Gasteiger partial charge is 0.351 e. The van der Waals surface area contributed by atoms with E-state index in [1.165, 1.54) is 12.3 Å². The monoisotopic (exact) mass is 274 g/mol. The van der Waals surface area contributed by atoms with Crippen LogP contribution in [-0.4, -0.2) is 46.9 Å². The van der Waals surface area contributed by atoms with Gasteiger partial charge in [0.05, 0.1) is 11.1 Å². The van der Waals surface area contributed by atoms with Crippen molar-refractivity contribution in [1.82, 2.24) is 15.2 Å². The zero-order chi connectivity index (χ0) is 12.3. The first-order valence-electron chi connectivity index (χ1n) is 5.51. The van der Waals surface area contributed by atoms with Crippen LogP contribution in [0.2, 0.25) is 0 Å². The Morgan fingerprint density at radius 1 is 1.39 bits per heavy atom. The number of aromatic amines is 1. The normalized spacial score (nSPS) is 15.7. The molecule has 7 nitrogen and oxygen atoms in total. The summed E-state index contributed by atoms with van der Waals surface area (Å²) in [6.07, 6.45) is 2.14. The summed E-state index contributed by atoms with van der Waals surface area (Å²) in [5.74, 6) is -0.179. The van der Waals surface area contributed by atoms with Crippen LogP contribution in [0.4, 0.5) is 5.69 Å². The summed E-state index contributed by atoms with van der Waals surface area (Å²) in [6.45, 7) is 2.97. The van der Waals surface area contributed by atoms with Crippen molar-refractivity contribution in [2.75, 3.05) is 26.2 Å². The van der Waals surface area contributed by atoms with E-state index in [0.717, 1.165) is 19.5 Å². The van der Waals surface area contributed by atoms with Crippen molar-refractivity contribution >= 4 is 24.0 Å². The highest BCUT2D eigenvalue weighted by molar-refractivity contribution is 5.93. The van der Waals surface area contributed by atoms with Crippen molar-refractivity contribution < 1.29 is 9.72 Å². The number of aromatic nitrogens is 1.